The molecule has 2 unspecified atom stereocenters. The number of amides is 3. The van der Waals surface area contributed by atoms with Gasteiger partial charge in [-0.1, -0.05) is 29.8 Å². The predicted octanol–water partition coefficient (Wildman–Crippen LogP) is 2.40. The Hall–Kier alpha value is -2.47. The molecule has 2 aromatic rings. The molecular formula is C17H18ClN3O3. The summed E-state index contributed by atoms with van der Waals surface area (Å²) in [6.07, 6.45) is 2.40. The molecule has 1 saturated carbocycles. The second-order valence-electron chi connectivity index (χ2n) is 5.65. The van der Waals surface area contributed by atoms with Gasteiger partial charge in [0.05, 0.1) is 19.4 Å². The van der Waals surface area contributed by atoms with Crippen LogP contribution < -0.4 is 16.0 Å². The number of halogens is 1. The molecule has 1 heterocycles. The lowest BCUT2D eigenvalue weighted by Crippen LogP contribution is -2.42. The summed E-state index contributed by atoms with van der Waals surface area (Å²) >= 11 is 6.16. The molecule has 6 nitrogen and oxygen atoms in total. The molecule has 0 spiro atoms. The Balaban J connectivity index is 1.36. The minimum Gasteiger partial charge on any atom is -0.467 e. The van der Waals surface area contributed by atoms with Gasteiger partial charge in [-0.3, -0.25) is 4.79 Å². The SMILES string of the molecule is O=C(CNC(=O)NCc1ccco1)NC1CC1c1ccccc1Cl. The number of hydrogen-bond donors (Lipinski definition) is 3. The fraction of sp³-hybridized carbons (Fsp3) is 0.294. The maximum Gasteiger partial charge on any atom is 0.315 e. The van der Waals surface area contributed by atoms with Crippen LogP contribution in [-0.4, -0.2) is 24.5 Å². The molecule has 3 N–H and O–H groups in total. The van der Waals surface area contributed by atoms with Crippen LogP contribution >= 0.6 is 11.6 Å². The van der Waals surface area contributed by atoms with Crippen molar-refractivity contribution in [2.75, 3.05) is 6.54 Å². The topological polar surface area (TPSA) is 83.4 Å². The van der Waals surface area contributed by atoms with E-state index in [0.717, 1.165) is 17.0 Å². The van der Waals surface area contributed by atoms with Crippen molar-refractivity contribution in [2.45, 2.75) is 24.9 Å². The van der Waals surface area contributed by atoms with Crippen molar-refractivity contribution in [3.05, 3.63) is 59.0 Å². The lowest BCUT2D eigenvalue weighted by molar-refractivity contribution is -0.120. The zero-order valence-corrected chi connectivity index (χ0v) is 13.7. The van der Waals surface area contributed by atoms with Gasteiger partial charge in [-0.25, -0.2) is 4.79 Å². The molecule has 0 saturated heterocycles. The number of furan rings is 1. The second kappa shape index (κ2) is 7.40. The van der Waals surface area contributed by atoms with Gasteiger partial charge in [0.15, 0.2) is 0 Å². The van der Waals surface area contributed by atoms with E-state index >= 15 is 0 Å². The molecule has 1 fully saturated rings. The Morgan fingerprint density at radius 1 is 1.17 bits per heavy atom. The predicted molar refractivity (Wildman–Crippen MR) is 89.7 cm³/mol. The molecule has 2 atom stereocenters. The zero-order valence-electron chi connectivity index (χ0n) is 12.9. The fourth-order valence-electron chi connectivity index (χ4n) is 2.54. The maximum atomic E-state index is 11.9. The highest BCUT2D eigenvalue weighted by atomic mass is 35.5. The van der Waals surface area contributed by atoms with Gasteiger partial charge in [0.1, 0.15) is 5.76 Å². The Morgan fingerprint density at radius 3 is 2.75 bits per heavy atom. The van der Waals surface area contributed by atoms with Crippen LogP contribution in [0, 0.1) is 0 Å². The third-order valence-electron chi connectivity index (χ3n) is 3.85. The van der Waals surface area contributed by atoms with Gasteiger partial charge < -0.3 is 20.4 Å². The summed E-state index contributed by atoms with van der Waals surface area (Å²) in [6, 6.07) is 10.8. The summed E-state index contributed by atoms with van der Waals surface area (Å²) in [7, 11) is 0. The van der Waals surface area contributed by atoms with Crippen LogP contribution in [-0.2, 0) is 11.3 Å². The van der Waals surface area contributed by atoms with E-state index < -0.39 is 6.03 Å². The molecule has 1 aromatic heterocycles. The van der Waals surface area contributed by atoms with E-state index in [1.165, 1.54) is 6.26 Å². The number of carbonyl (C=O) groups is 2. The van der Waals surface area contributed by atoms with E-state index in [1.54, 1.807) is 12.1 Å². The first kappa shape index (κ1) is 16.4. The van der Waals surface area contributed by atoms with Crippen LogP contribution in [0.2, 0.25) is 5.02 Å². The average Bonchev–Trinajstić information content (AvgIpc) is 3.11. The van der Waals surface area contributed by atoms with Crippen molar-refractivity contribution in [1.29, 1.82) is 0 Å². The lowest BCUT2D eigenvalue weighted by Gasteiger charge is -2.08. The van der Waals surface area contributed by atoms with Gasteiger partial charge in [-0.05, 0) is 30.2 Å². The monoisotopic (exact) mass is 347 g/mol. The molecule has 3 amide bonds. The van der Waals surface area contributed by atoms with Crippen molar-refractivity contribution in [2.24, 2.45) is 0 Å². The molecule has 126 valence electrons. The summed E-state index contributed by atoms with van der Waals surface area (Å²) in [4.78, 5) is 23.5. The summed E-state index contributed by atoms with van der Waals surface area (Å²) in [5.41, 5.74) is 1.05. The molecule has 7 heteroatoms. The summed E-state index contributed by atoms with van der Waals surface area (Å²) in [5, 5.41) is 8.74. The Morgan fingerprint density at radius 2 is 2.00 bits per heavy atom. The lowest BCUT2D eigenvalue weighted by atomic mass is 10.1. The van der Waals surface area contributed by atoms with E-state index in [1.807, 2.05) is 24.3 Å². The Labute approximate surface area is 144 Å². The summed E-state index contributed by atoms with van der Waals surface area (Å²) in [6.45, 7) is 0.202. The summed E-state index contributed by atoms with van der Waals surface area (Å²) < 4.78 is 5.10. The van der Waals surface area contributed by atoms with Crippen molar-refractivity contribution in [3.8, 4) is 0 Å². The van der Waals surface area contributed by atoms with E-state index in [-0.39, 0.29) is 31.0 Å². The maximum absolute atomic E-state index is 11.9. The first-order valence-corrected chi connectivity index (χ1v) is 8.09. The normalized spacial score (nSPS) is 18.7. The molecule has 0 radical (unpaired) electrons. The van der Waals surface area contributed by atoms with E-state index in [4.69, 9.17) is 16.0 Å². The minimum atomic E-state index is -0.417. The number of nitrogens with one attached hydrogen (secondary N) is 3. The molecular weight excluding hydrogens is 330 g/mol. The smallest absolute Gasteiger partial charge is 0.315 e. The van der Waals surface area contributed by atoms with Crippen molar-refractivity contribution in [3.63, 3.8) is 0 Å². The molecule has 24 heavy (non-hydrogen) atoms. The van der Waals surface area contributed by atoms with Gasteiger partial charge in [0.25, 0.3) is 0 Å². The van der Waals surface area contributed by atoms with Crippen LogP contribution in [0.4, 0.5) is 4.79 Å². The highest BCUT2D eigenvalue weighted by Crippen LogP contribution is 2.43. The average molecular weight is 348 g/mol. The van der Waals surface area contributed by atoms with Gasteiger partial charge in [-0.2, -0.15) is 0 Å². The van der Waals surface area contributed by atoms with Crippen molar-refractivity contribution >= 4 is 23.5 Å². The van der Waals surface area contributed by atoms with E-state index in [0.29, 0.717) is 5.76 Å². The minimum absolute atomic E-state index is 0.0737. The van der Waals surface area contributed by atoms with Crippen molar-refractivity contribution < 1.29 is 14.0 Å². The van der Waals surface area contributed by atoms with Crippen molar-refractivity contribution in [1.82, 2.24) is 16.0 Å². The van der Waals surface area contributed by atoms with Gasteiger partial charge in [0.2, 0.25) is 5.91 Å². The van der Waals surface area contributed by atoms with Crippen LogP contribution in [0.25, 0.3) is 0 Å². The summed E-state index contributed by atoms with van der Waals surface area (Å²) in [5.74, 6) is 0.674. The molecule has 1 aliphatic rings. The Kier molecular flexibility index (Phi) is 5.05. The zero-order chi connectivity index (χ0) is 16.9. The third-order valence-corrected chi connectivity index (χ3v) is 4.20. The Bertz CT molecular complexity index is 718. The van der Waals surface area contributed by atoms with Crippen LogP contribution in [0.15, 0.2) is 47.1 Å². The highest BCUT2D eigenvalue weighted by molar-refractivity contribution is 6.31. The molecule has 0 bridgehead atoms. The molecule has 1 aromatic carbocycles. The quantitative estimate of drug-likeness (QED) is 0.750. The molecule has 0 aliphatic heterocycles. The van der Waals surface area contributed by atoms with Gasteiger partial charge in [0, 0.05) is 17.0 Å². The largest absolute Gasteiger partial charge is 0.467 e. The number of hydrogen-bond acceptors (Lipinski definition) is 3. The fourth-order valence-corrected chi connectivity index (χ4v) is 2.81. The molecule has 3 rings (SSSR count). The standard InChI is InChI=1S/C17H18ClN3O3/c18-14-6-2-1-5-12(14)13-8-15(13)21-16(22)10-20-17(23)19-9-11-4-3-7-24-11/h1-7,13,15H,8-10H2,(H,21,22)(H2,19,20,23). The number of urea groups is 1. The van der Waals surface area contributed by atoms with Crippen LogP contribution in [0.5, 0.6) is 0 Å². The number of benzene rings is 1. The third kappa shape index (κ3) is 4.29. The van der Waals surface area contributed by atoms with Crippen LogP contribution in [0.3, 0.4) is 0 Å². The first-order valence-electron chi connectivity index (χ1n) is 7.71. The van der Waals surface area contributed by atoms with Crippen LogP contribution in [0.1, 0.15) is 23.7 Å². The van der Waals surface area contributed by atoms with E-state index in [9.17, 15) is 9.59 Å². The van der Waals surface area contributed by atoms with E-state index in [2.05, 4.69) is 16.0 Å². The second-order valence-corrected chi connectivity index (χ2v) is 6.06. The van der Waals surface area contributed by atoms with Gasteiger partial charge in [-0.15, -0.1) is 0 Å². The number of carbonyl (C=O) groups excluding carboxylic acids is 2. The number of rotatable bonds is 6. The molecule has 1 aliphatic carbocycles. The first-order chi connectivity index (χ1) is 11.6. The highest BCUT2D eigenvalue weighted by Gasteiger charge is 2.40. The van der Waals surface area contributed by atoms with Gasteiger partial charge >= 0.3 is 6.03 Å².